The predicted molar refractivity (Wildman–Crippen MR) is 71.2 cm³/mol. The Bertz CT molecular complexity index is 469. The highest BCUT2D eigenvalue weighted by atomic mass is 15.1. The van der Waals surface area contributed by atoms with Crippen molar-refractivity contribution in [3.05, 3.63) is 53.6 Å². The molecule has 0 amide bonds. The lowest BCUT2D eigenvalue weighted by Crippen LogP contribution is -2.03. The lowest BCUT2D eigenvalue weighted by Gasteiger charge is -2.09. The number of hydrogen-bond acceptors (Lipinski definition) is 1. The molecular weight excluding hydrogens is 208 g/mol. The summed E-state index contributed by atoms with van der Waals surface area (Å²) in [5.74, 6) is 1.19. The molecule has 1 aromatic heterocycles. The number of aromatic nitrogens is 2. The van der Waals surface area contributed by atoms with E-state index in [4.69, 9.17) is 4.98 Å². The van der Waals surface area contributed by atoms with Gasteiger partial charge in [-0.05, 0) is 19.4 Å². The van der Waals surface area contributed by atoms with Crippen molar-refractivity contribution in [2.75, 3.05) is 0 Å². The van der Waals surface area contributed by atoms with Crippen LogP contribution in [0.4, 0.5) is 0 Å². The van der Waals surface area contributed by atoms with Crippen LogP contribution >= 0.6 is 0 Å². The lowest BCUT2D eigenvalue weighted by molar-refractivity contribution is 0.571. The van der Waals surface area contributed by atoms with Crippen LogP contribution in [0.25, 0.3) is 0 Å². The number of aryl methyl sites for hydroxylation is 1. The van der Waals surface area contributed by atoms with Gasteiger partial charge in [-0.15, -0.1) is 0 Å². The molecule has 2 nitrogen and oxygen atoms in total. The largest absolute Gasteiger partial charge is 0.332 e. The van der Waals surface area contributed by atoms with Crippen molar-refractivity contribution in [1.29, 1.82) is 0 Å². The van der Waals surface area contributed by atoms with E-state index in [1.165, 1.54) is 17.1 Å². The second-order valence-electron chi connectivity index (χ2n) is 4.67. The molecule has 0 aliphatic heterocycles. The van der Waals surface area contributed by atoms with E-state index in [9.17, 15) is 0 Å². The fourth-order valence-electron chi connectivity index (χ4n) is 2.09. The second kappa shape index (κ2) is 5.17. The topological polar surface area (TPSA) is 17.8 Å². The normalized spacial score (nSPS) is 11.1. The first-order valence-corrected chi connectivity index (χ1v) is 6.31. The van der Waals surface area contributed by atoms with Crippen molar-refractivity contribution < 1.29 is 0 Å². The summed E-state index contributed by atoms with van der Waals surface area (Å²) in [6.45, 7) is 6.56. The summed E-state index contributed by atoms with van der Waals surface area (Å²) in [7, 11) is 0. The number of benzene rings is 1. The zero-order chi connectivity index (χ0) is 12.3. The minimum Gasteiger partial charge on any atom is -0.332 e. The van der Waals surface area contributed by atoms with Gasteiger partial charge in [-0.3, -0.25) is 0 Å². The Morgan fingerprint density at radius 1 is 1.18 bits per heavy atom. The van der Waals surface area contributed by atoms with Crippen LogP contribution < -0.4 is 0 Å². The molecule has 1 aromatic carbocycles. The molecule has 0 N–H and O–H groups in total. The van der Waals surface area contributed by atoms with E-state index in [0.29, 0.717) is 6.04 Å². The monoisotopic (exact) mass is 228 g/mol. The fraction of sp³-hybridized carbons (Fsp3) is 0.400. The Labute approximate surface area is 103 Å². The molecule has 2 aromatic rings. The number of nitrogens with zero attached hydrogens (tertiary/aromatic N) is 2. The van der Waals surface area contributed by atoms with Gasteiger partial charge in [0.1, 0.15) is 5.82 Å². The second-order valence-corrected chi connectivity index (χ2v) is 4.67. The van der Waals surface area contributed by atoms with Gasteiger partial charge in [0.05, 0.1) is 5.69 Å². The van der Waals surface area contributed by atoms with Gasteiger partial charge < -0.3 is 4.57 Å². The maximum absolute atomic E-state index is 4.71. The lowest BCUT2D eigenvalue weighted by atomic mass is 10.1. The SMILES string of the molecule is CCc1nc(Cc2ccccc2)cn1C(C)C. The summed E-state index contributed by atoms with van der Waals surface area (Å²) in [5.41, 5.74) is 2.49. The average molecular weight is 228 g/mol. The highest BCUT2D eigenvalue weighted by Crippen LogP contribution is 2.14. The summed E-state index contributed by atoms with van der Waals surface area (Å²) in [6.07, 6.45) is 4.11. The van der Waals surface area contributed by atoms with Gasteiger partial charge in [0.15, 0.2) is 0 Å². The third-order valence-electron chi connectivity index (χ3n) is 2.96. The third-order valence-corrected chi connectivity index (χ3v) is 2.96. The molecule has 2 heteroatoms. The van der Waals surface area contributed by atoms with E-state index in [1.54, 1.807) is 0 Å². The van der Waals surface area contributed by atoms with Gasteiger partial charge in [0, 0.05) is 25.1 Å². The van der Waals surface area contributed by atoms with Gasteiger partial charge in [-0.25, -0.2) is 4.98 Å². The van der Waals surface area contributed by atoms with E-state index < -0.39 is 0 Å². The first-order valence-electron chi connectivity index (χ1n) is 6.31. The predicted octanol–water partition coefficient (Wildman–Crippen LogP) is 3.62. The minimum absolute atomic E-state index is 0.488. The Balaban J connectivity index is 2.23. The molecule has 0 bridgehead atoms. The van der Waals surface area contributed by atoms with Crippen LogP contribution in [0.5, 0.6) is 0 Å². The Hall–Kier alpha value is -1.57. The van der Waals surface area contributed by atoms with Crippen molar-refractivity contribution >= 4 is 0 Å². The van der Waals surface area contributed by atoms with Crippen LogP contribution in [0.1, 0.15) is 43.9 Å². The van der Waals surface area contributed by atoms with Crippen LogP contribution in [-0.2, 0) is 12.8 Å². The van der Waals surface area contributed by atoms with Gasteiger partial charge in [-0.2, -0.15) is 0 Å². The molecule has 0 radical (unpaired) electrons. The molecule has 0 aliphatic carbocycles. The number of imidazole rings is 1. The van der Waals surface area contributed by atoms with Crippen molar-refractivity contribution in [2.24, 2.45) is 0 Å². The van der Waals surface area contributed by atoms with E-state index in [0.717, 1.165) is 12.8 Å². The summed E-state index contributed by atoms with van der Waals surface area (Å²) in [4.78, 5) is 4.71. The molecule has 0 saturated heterocycles. The summed E-state index contributed by atoms with van der Waals surface area (Å²) >= 11 is 0. The molecule has 2 rings (SSSR count). The van der Waals surface area contributed by atoms with E-state index in [-0.39, 0.29) is 0 Å². The summed E-state index contributed by atoms with van der Waals surface area (Å²) < 4.78 is 2.28. The fourth-order valence-corrected chi connectivity index (χ4v) is 2.09. The smallest absolute Gasteiger partial charge is 0.108 e. The summed E-state index contributed by atoms with van der Waals surface area (Å²) in [5, 5.41) is 0. The molecule has 0 spiro atoms. The highest BCUT2D eigenvalue weighted by Gasteiger charge is 2.08. The Morgan fingerprint density at radius 3 is 2.41 bits per heavy atom. The van der Waals surface area contributed by atoms with Gasteiger partial charge in [0.25, 0.3) is 0 Å². The quantitative estimate of drug-likeness (QED) is 0.781. The van der Waals surface area contributed by atoms with Crippen molar-refractivity contribution in [1.82, 2.24) is 9.55 Å². The molecule has 90 valence electrons. The molecule has 0 fully saturated rings. The Kier molecular flexibility index (Phi) is 3.62. The van der Waals surface area contributed by atoms with Crippen LogP contribution in [0.15, 0.2) is 36.5 Å². The van der Waals surface area contributed by atoms with Crippen LogP contribution in [0.3, 0.4) is 0 Å². The minimum atomic E-state index is 0.488. The maximum Gasteiger partial charge on any atom is 0.108 e. The summed E-state index contributed by atoms with van der Waals surface area (Å²) in [6, 6.07) is 11.0. The van der Waals surface area contributed by atoms with Gasteiger partial charge >= 0.3 is 0 Å². The van der Waals surface area contributed by atoms with E-state index in [2.05, 4.69) is 55.8 Å². The molecule has 0 aliphatic rings. The third kappa shape index (κ3) is 2.76. The Morgan fingerprint density at radius 2 is 1.88 bits per heavy atom. The van der Waals surface area contributed by atoms with Crippen molar-refractivity contribution in [2.45, 2.75) is 39.7 Å². The van der Waals surface area contributed by atoms with Gasteiger partial charge in [0.2, 0.25) is 0 Å². The molecule has 0 saturated carbocycles. The zero-order valence-corrected chi connectivity index (χ0v) is 10.9. The van der Waals surface area contributed by atoms with Crippen molar-refractivity contribution in [3.8, 4) is 0 Å². The molecule has 1 heterocycles. The number of hydrogen-bond donors (Lipinski definition) is 0. The molecule has 0 unspecified atom stereocenters. The van der Waals surface area contributed by atoms with Gasteiger partial charge in [-0.1, -0.05) is 37.3 Å². The first-order chi connectivity index (χ1) is 8.20. The standard InChI is InChI=1S/C15H20N2/c1-4-15-16-14(11-17(15)12(2)3)10-13-8-6-5-7-9-13/h5-9,11-12H,4,10H2,1-3H3. The molecule has 17 heavy (non-hydrogen) atoms. The molecule has 0 atom stereocenters. The average Bonchev–Trinajstić information content (AvgIpc) is 2.73. The zero-order valence-electron chi connectivity index (χ0n) is 10.9. The van der Waals surface area contributed by atoms with E-state index in [1.807, 2.05) is 6.07 Å². The maximum atomic E-state index is 4.71. The highest BCUT2D eigenvalue weighted by molar-refractivity contribution is 5.21. The van der Waals surface area contributed by atoms with Crippen LogP contribution in [0.2, 0.25) is 0 Å². The number of rotatable bonds is 4. The van der Waals surface area contributed by atoms with Crippen LogP contribution in [0, 0.1) is 0 Å². The first kappa shape index (κ1) is 11.9. The van der Waals surface area contributed by atoms with Crippen molar-refractivity contribution in [3.63, 3.8) is 0 Å². The van der Waals surface area contributed by atoms with Crippen LogP contribution in [-0.4, -0.2) is 9.55 Å². The molecular formula is C15H20N2. The van der Waals surface area contributed by atoms with E-state index >= 15 is 0 Å².